The average molecular weight is 238 g/mol. The molecule has 0 bridgehead atoms. The predicted octanol–water partition coefficient (Wildman–Crippen LogP) is 2.36. The minimum atomic E-state index is 0.477. The normalized spacial score (nSPS) is 13.2. The maximum absolute atomic E-state index is 6.24. The molecule has 0 amide bonds. The van der Waals surface area contributed by atoms with Crippen LogP contribution in [0.3, 0.4) is 0 Å². The molecule has 2 aromatic rings. The van der Waals surface area contributed by atoms with E-state index < -0.39 is 0 Å². The lowest BCUT2D eigenvalue weighted by Gasteiger charge is -2.09. The molecule has 3 nitrogen and oxygen atoms in total. The second-order valence-corrected chi connectivity index (χ2v) is 4.74. The summed E-state index contributed by atoms with van der Waals surface area (Å²) in [4.78, 5) is 0. The number of benzene rings is 1. The second-order valence-electron chi connectivity index (χ2n) is 4.33. The van der Waals surface area contributed by atoms with Crippen molar-refractivity contribution in [2.45, 2.75) is 13.3 Å². The first-order valence-electron chi connectivity index (χ1n) is 5.42. The number of hydrogen-bond donors (Lipinski definition) is 1. The molecule has 1 aromatic heterocycles. The lowest BCUT2D eigenvalue weighted by atomic mass is 10.0. The van der Waals surface area contributed by atoms with E-state index in [-0.39, 0.29) is 0 Å². The molecule has 0 aliphatic heterocycles. The SMILES string of the molecule is CC(CN)Cc1cc(Cl)c2c(cnn2C)c1. The van der Waals surface area contributed by atoms with Crippen LogP contribution in [0.1, 0.15) is 12.5 Å². The van der Waals surface area contributed by atoms with Gasteiger partial charge in [-0.1, -0.05) is 18.5 Å². The van der Waals surface area contributed by atoms with E-state index in [0.717, 1.165) is 22.3 Å². The Hall–Kier alpha value is -1.06. The van der Waals surface area contributed by atoms with Crippen LogP contribution in [0.2, 0.25) is 5.02 Å². The first-order valence-corrected chi connectivity index (χ1v) is 5.79. The number of hydrogen-bond acceptors (Lipinski definition) is 2. The van der Waals surface area contributed by atoms with Crippen LogP contribution in [0, 0.1) is 5.92 Å². The van der Waals surface area contributed by atoms with E-state index in [2.05, 4.69) is 18.1 Å². The first-order chi connectivity index (χ1) is 7.61. The maximum atomic E-state index is 6.24. The van der Waals surface area contributed by atoms with E-state index in [4.69, 9.17) is 17.3 Å². The van der Waals surface area contributed by atoms with Gasteiger partial charge in [-0.25, -0.2) is 0 Å². The number of rotatable bonds is 3. The highest BCUT2D eigenvalue weighted by Gasteiger charge is 2.08. The standard InChI is InChI=1S/C12H16ClN3/c1-8(6-14)3-9-4-10-7-15-16(2)12(10)11(13)5-9/h4-5,7-8H,3,6,14H2,1-2H3. The molecule has 0 radical (unpaired) electrons. The summed E-state index contributed by atoms with van der Waals surface area (Å²) in [6, 6.07) is 4.15. The lowest BCUT2D eigenvalue weighted by Crippen LogP contribution is -2.13. The van der Waals surface area contributed by atoms with Gasteiger partial charge in [-0.3, -0.25) is 4.68 Å². The van der Waals surface area contributed by atoms with E-state index in [9.17, 15) is 0 Å². The third-order valence-electron chi connectivity index (χ3n) is 2.83. The summed E-state index contributed by atoms with van der Waals surface area (Å²) >= 11 is 6.24. The van der Waals surface area contributed by atoms with Gasteiger partial charge in [0, 0.05) is 12.4 Å². The molecule has 0 fully saturated rings. The van der Waals surface area contributed by atoms with Crippen molar-refractivity contribution >= 4 is 22.5 Å². The quantitative estimate of drug-likeness (QED) is 0.891. The van der Waals surface area contributed by atoms with E-state index in [1.54, 1.807) is 4.68 Å². The Morgan fingerprint density at radius 1 is 1.50 bits per heavy atom. The molecule has 4 heteroatoms. The van der Waals surface area contributed by atoms with E-state index in [1.807, 2.05) is 19.3 Å². The molecule has 0 aliphatic carbocycles. The summed E-state index contributed by atoms with van der Waals surface area (Å²) in [7, 11) is 1.90. The highest BCUT2D eigenvalue weighted by atomic mass is 35.5. The highest BCUT2D eigenvalue weighted by Crippen LogP contribution is 2.25. The van der Waals surface area contributed by atoms with Crippen LogP contribution in [0.5, 0.6) is 0 Å². The molecule has 1 unspecified atom stereocenters. The van der Waals surface area contributed by atoms with Crippen molar-refractivity contribution in [3.05, 3.63) is 28.9 Å². The Kier molecular flexibility index (Phi) is 3.17. The molecule has 2 rings (SSSR count). The number of nitrogens with two attached hydrogens (primary N) is 1. The van der Waals surface area contributed by atoms with E-state index in [0.29, 0.717) is 12.5 Å². The van der Waals surface area contributed by atoms with Crippen molar-refractivity contribution in [1.82, 2.24) is 9.78 Å². The molecule has 0 saturated heterocycles. The summed E-state index contributed by atoms with van der Waals surface area (Å²) in [5.41, 5.74) is 7.84. The van der Waals surface area contributed by atoms with Crippen LogP contribution in [0.25, 0.3) is 10.9 Å². The van der Waals surface area contributed by atoms with Crippen LogP contribution >= 0.6 is 11.6 Å². The van der Waals surface area contributed by atoms with Gasteiger partial charge in [-0.05, 0) is 36.6 Å². The first kappa shape index (κ1) is 11.4. The van der Waals surface area contributed by atoms with Gasteiger partial charge in [-0.2, -0.15) is 5.10 Å². The van der Waals surface area contributed by atoms with Crippen LogP contribution in [-0.2, 0) is 13.5 Å². The molecule has 1 aromatic carbocycles. The monoisotopic (exact) mass is 237 g/mol. The fraction of sp³-hybridized carbons (Fsp3) is 0.417. The third kappa shape index (κ3) is 2.06. The molecule has 0 spiro atoms. The van der Waals surface area contributed by atoms with Gasteiger partial charge in [-0.15, -0.1) is 0 Å². The smallest absolute Gasteiger partial charge is 0.0865 e. The maximum Gasteiger partial charge on any atom is 0.0865 e. The van der Waals surface area contributed by atoms with Gasteiger partial charge in [0.15, 0.2) is 0 Å². The minimum Gasteiger partial charge on any atom is -0.330 e. The molecule has 0 aliphatic rings. The van der Waals surface area contributed by atoms with Crippen molar-refractivity contribution in [1.29, 1.82) is 0 Å². The number of halogens is 1. The molecule has 0 saturated carbocycles. The summed E-state index contributed by atoms with van der Waals surface area (Å²) < 4.78 is 1.80. The predicted molar refractivity (Wildman–Crippen MR) is 67.6 cm³/mol. The Bertz CT molecular complexity index is 504. The molecule has 1 atom stereocenters. The fourth-order valence-electron chi connectivity index (χ4n) is 1.93. The van der Waals surface area contributed by atoms with Crippen molar-refractivity contribution in [2.75, 3.05) is 6.54 Å². The molecule has 2 N–H and O–H groups in total. The number of nitrogens with zero attached hydrogens (tertiary/aromatic N) is 2. The fourth-order valence-corrected chi connectivity index (χ4v) is 2.30. The zero-order valence-electron chi connectivity index (χ0n) is 9.57. The largest absolute Gasteiger partial charge is 0.330 e. The van der Waals surface area contributed by atoms with Crippen LogP contribution in [0.15, 0.2) is 18.3 Å². The summed E-state index contributed by atoms with van der Waals surface area (Å²) in [5, 5.41) is 6.06. The zero-order valence-corrected chi connectivity index (χ0v) is 10.3. The van der Waals surface area contributed by atoms with Gasteiger partial charge < -0.3 is 5.73 Å². The highest BCUT2D eigenvalue weighted by molar-refractivity contribution is 6.35. The van der Waals surface area contributed by atoms with Gasteiger partial charge in [0.1, 0.15) is 0 Å². The second kappa shape index (κ2) is 4.44. The number of aromatic nitrogens is 2. The molecular formula is C12H16ClN3. The van der Waals surface area contributed by atoms with Gasteiger partial charge in [0.05, 0.1) is 16.7 Å². The van der Waals surface area contributed by atoms with Crippen LogP contribution < -0.4 is 5.73 Å². The topological polar surface area (TPSA) is 43.8 Å². The van der Waals surface area contributed by atoms with Gasteiger partial charge >= 0.3 is 0 Å². The van der Waals surface area contributed by atoms with Gasteiger partial charge in [0.25, 0.3) is 0 Å². The zero-order chi connectivity index (χ0) is 11.7. The molecule has 1 heterocycles. The Morgan fingerprint density at radius 2 is 2.25 bits per heavy atom. The molecular weight excluding hydrogens is 222 g/mol. The van der Waals surface area contributed by atoms with Crippen molar-refractivity contribution in [3.8, 4) is 0 Å². The lowest BCUT2D eigenvalue weighted by molar-refractivity contribution is 0.593. The van der Waals surface area contributed by atoms with Crippen molar-refractivity contribution < 1.29 is 0 Å². The summed E-state index contributed by atoms with van der Waals surface area (Å²) in [6.45, 7) is 2.84. The Labute approximate surface area is 100 Å². The van der Waals surface area contributed by atoms with Crippen molar-refractivity contribution in [3.63, 3.8) is 0 Å². The molecule has 86 valence electrons. The van der Waals surface area contributed by atoms with Crippen LogP contribution in [-0.4, -0.2) is 16.3 Å². The van der Waals surface area contributed by atoms with Crippen LogP contribution in [0.4, 0.5) is 0 Å². The molecule has 16 heavy (non-hydrogen) atoms. The van der Waals surface area contributed by atoms with E-state index in [1.165, 1.54) is 5.56 Å². The third-order valence-corrected chi connectivity index (χ3v) is 3.12. The van der Waals surface area contributed by atoms with E-state index >= 15 is 0 Å². The summed E-state index contributed by atoms with van der Waals surface area (Å²) in [5.74, 6) is 0.477. The number of aryl methyl sites for hydroxylation is 1. The Balaban J connectivity index is 2.42. The minimum absolute atomic E-state index is 0.477. The number of fused-ring (bicyclic) bond motifs is 1. The Morgan fingerprint density at radius 3 is 2.94 bits per heavy atom. The average Bonchev–Trinajstić information content (AvgIpc) is 2.60. The summed E-state index contributed by atoms with van der Waals surface area (Å²) in [6.07, 6.45) is 2.80. The van der Waals surface area contributed by atoms with Gasteiger partial charge in [0.2, 0.25) is 0 Å². The van der Waals surface area contributed by atoms with Crippen molar-refractivity contribution in [2.24, 2.45) is 18.7 Å².